The smallest absolute Gasteiger partial charge is 0.228 e. The molecule has 196 valence electrons. The van der Waals surface area contributed by atoms with Crippen molar-refractivity contribution in [2.24, 2.45) is 13.0 Å². The Balaban J connectivity index is 1.11. The van der Waals surface area contributed by atoms with Gasteiger partial charge in [-0.3, -0.25) is 4.79 Å². The quantitative estimate of drug-likeness (QED) is 0.348. The van der Waals surface area contributed by atoms with Crippen LogP contribution in [0.5, 0.6) is 11.5 Å². The predicted molar refractivity (Wildman–Crippen MR) is 141 cm³/mol. The molecule has 2 N–H and O–H groups in total. The summed E-state index contributed by atoms with van der Waals surface area (Å²) in [4.78, 5) is 30.5. The Kier molecular flexibility index (Phi) is 5.72. The molecule has 0 spiro atoms. The molecule has 1 unspecified atom stereocenters. The Morgan fingerprint density at radius 2 is 1.97 bits per heavy atom. The van der Waals surface area contributed by atoms with Gasteiger partial charge in [-0.05, 0) is 44.6 Å². The summed E-state index contributed by atoms with van der Waals surface area (Å²) in [7, 11) is 1.94. The molecule has 2 aliphatic carbocycles. The zero-order chi connectivity index (χ0) is 25.6. The van der Waals surface area contributed by atoms with Crippen LogP contribution in [0.4, 0.5) is 17.6 Å². The van der Waals surface area contributed by atoms with Gasteiger partial charge in [0, 0.05) is 56.1 Å². The van der Waals surface area contributed by atoms with Gasteiger partial charge >= 0.3 is 0 Å². The van der Waals surface area contributed by atoms with Crippen LogP contribution in [-0.4, -0.2) is 48.2 Å². The summed E-state index contributed by atoms with van der Waals surface area (Å²) < 4.78 is 16.0. The lowest BCUT2D eigenvalue weighted by atomic mass is 9.92. The lowest BCUT2D eigenvalue weighted by Crippen LogP contribution is -2.20. The molecule has 3 aliphatic rings. The molecular weight excluding hydrogens is 484 g/mol. The maximum absolute atomic E-state index is 12.1. The number of rotatable bonds is 8. The first kappa shape index (κ1) is 23.2. The second kappa shape index (κ2) is 9.39. The molecule has 1 saturated heterocycles. The third-order valence-electron chi connectivity index (χ3n) is 7.64. The number of anilines is 3. The van der Waals surface area contributed by atoms with E-state index >= 15 is 0 Å². The van der Waals surface area contributed by atoms with Crippen molar-refractivity contribution in [3.8, 4) is 11.5 Å². The summed E-state index contributed by atoms with van der Waals surface area (Å²) in [6, 6.07) is 5.88. The topological polar surface area (TPSA) is 121 Å². The van der Waals surface area contributed by atoms with Crippen molar-refractivity contribution in [3.05, 3.63) is 42.6 Å². The third kappa shape index (κ3) is 4.47. The number of aromatic nitrogens is 6. The van der Waals surface area contributed by atoms with Crippen LogP contribution in [0.3, 0.4) is 0 Å². The van der Waals surface area contributed by atoms with Gasteiger partial charge in [-0.15, -0.1) is 0 Å². The number of imidazole rings is 2. The van der Waals surface area contributed by atoms with E-state index in [1.165, 1.54) is 19.3 Å². The molecule has 1 amide bonds. The molecule has 7 rings (SSSR count). The van der Waals surface area contributed by atoms with E-state index in [2.05, 4.69) is 31.4 Å². The van der Waals surface area contributed by atoms with Crippen molar-refractivity contribution in [3.63, 3.8) is 0 Å². The summed E-state index contributed by atoms with van der Waals surface area (Å²) in [6.45, 7) is 1.52. The number of nitrogens with zero attached hydrogens (tertiary/aromatic N) is 6. The summed E-state index contributed by atoms with van der Waals surface area (Å²) >= 11 is 0. The Morgan fingerprint density at radius 1 is 1.08 bits per heavy atom. The van der Waals surface area contributed by atoms with Gasteiger partial charge < -0.3 is 29.2 Å². The zero-order valence-corrected chi connectivity index (χ0v) is 21.3. The second-order valence-electron chi connectivity index (χ2n) is 10.4. The van der Waals surface area contributed by atoms with Crippen LogP contribution in [-0.2, 0) is 16.6 Å². The SMILES string of the molecule is Cn1c(Nc2cn(C3CCC3)c(C3CCOC3)n2)nc2ncc(Oc3ccnc(NC(=O)C4CC4)c3)cc21. The summed E-state index contributed by atoms with van der Waals surface area (Å²) in [5.74, 6) is 4.61. The van der Waals surface area contributed by atoms with Crippen LogP contribution in [0.15, 0.2) is 36.8 Å². The van der Waals surface area contributed by atoms with Crippen LogP contribution < -0.4 is 15.4 Å². The highest BCUT2D eigenvalue weighted by Gasteiger charge is 2.30. The standard InChI is InChI=1S/C27H30N8O3/c1-34-21-11-20(38-19-7-9-28-22(12-19)31-26(36)16-5-6-16)13-29-24(21)33-27(34)32-23-14-35(18-3-2-4-18)25(30-23)17-8-10-37-15-17/h7,9,11-14,16-18H,2-6,8,10,15H2,1H3,(H,28,31,36)(H,29,32,33). The maximum atomic E-state index is 12.1. The minimum absolute atomic E-state index is 0.00821. The van der Waals surface area contributed by atoms with Crippen molar-refractivity contribution < 1.29 is 14.3 Å². The van der Waals surface area contributed by atoms with E-state index in [0.717, 1.165) is 49.6 Å². The number of hydrogen-bond donors (Lipinski definition) is 2. The van der Waals surface area contributed by atoms with Crippen LogP contribution in [0, 0.1) is 5.92 Å². The Morgan fingerprint density at radius 3 is 2.74 bits per heavy atom. The molecule has 4 aromatic heterocycles. The molecule has 2 saturated carbocycles. The third-order valence-corrected chi connectivity index (χ3v) is 7.64. The lowest BCUT2D eigenvalue weighted by Gasteiger charge is -2.29. The normalized spacial score (nSPS) is 19.4. The first-order valence-corrected chi connectivity index (χ1v) is 13.3. The van der Waals surface area contributed by atoms with Gasteiger partial charge in [-0.2, -0.15) is 4.98 Å². The van der Waals surface area contributed by atoms with Gasteiger partial charge in [0.15, 0.2) is 11.5 Å². The number of fused-ring (bicyclic) bond motifs is 1. The van der Waals surface area contributed by atoms with Gasteiger partial charge in [0.25, 0.3) is 0 Å². The molecule has 1 aliphatic heterocycles. The minimum atomic E-state index is 0.00821. The van der Waals surface area contributed by atoms with E-state index in [0.29, 0.717) is 40.9 Å². The molecule has 1 atom stereocenters. The van der Waals surface area contributed by atoms with Crippen LogP contribution in [0.1, 0.15) is 56.3 Å². The van der Waals surface area contributed by atoms with Crippen molar-refractivity contribution in [2.75, 3.05) is 23.8 Å². The highest BCUT2D eigenvalue weighted by Crippen LogP contribution is 2.37. The first-order valence-electron chi connectivity index (χ1n) is 13.3. The summed E-state index contributed by atoms with van der Waals surface area (Å²) in [5, 5.41) is 6.26. The monoisotopic (exact) mass is 514 g/mol. The average molecular weight is 515 g/mol. The predicted octanol–water partition coefficient (Wildman–Crippen LogP) is 4.67. The summed E-state index contributed by atoms with van der Waals surface area (Å²) in [6.07, 6.45) is 11.9. The van der Waals surface area contributed by atoms with E-state index < -0.39 is 0 Å². The van der Waals surface area contributed by atoms with Crippen LogP contribution in [0.2, 0.25) is 0 Å². The van der Waals surface area contributed by atoms with Gasteiger partial charge in [0.2, 0.25) is 11.9 Å². The fourth-order valence-electron chi connectivity index (χ4n) is 5.05. The number of aryl methyl sites for hydroxylation is 1. The fraction of sp³-hybridized carbons (Fsp3) is 0.444. The second-order valence-corrected chi connectivity index (χ2v) is 10.4. The minimum Gasteiger partial charge on any atom is -0.455 e. The number of carbonyl (C=O) groups excluding carboxylic acids is 1. The van der Waals surface area contributed by atoms with E-state index in [1.54, 1.807) is 24.5 Å². The highest BCUT2D eigenvalue weighted by molar-refractivity contribution is 5.93. The van der Waals surface area contributed by atoms with Crippen LogP contribution in [0.25, 0.3) is 11.2 Å². The van der Waals surface area contributed by atoms with Crippen molar-refractivity contribution >= 4 is 34.7 Å². The molecule has 0 bridgehead atoms. The first-order chi connectivity index (χ1) is 18.6. The number of pyridine rings is 2. The molecule has 5 heterocycles. The van der Waals surface area contributed by atoms with Gasteiger partial charge in [0.1, 0.15) is 23.1 Å². The molecular formula is C27H30N8O3. The highest BCUT2D eigenvalue weighted by atomic mass is 16.5. The number of carbonyl (C=O) groups is 1. The van der Waals surface area contributed by atoms with E-state index in [4.69, 9.17) is 19.4 Å². The molecule has 11 heteroatoms. The molecule has 3 fully saturated rings. The molecule has 38 heavy (non-hydrogen) atoms. The molecule has 0 radical (unpaired) electrons. The van der Waals surface area contributed by atoms with Gasteiger partial charge in [-0.1, -0.05) is 0 Å². The molecule has 0 aromatic carbocycles. The van der Waals surface area contributed by atoms with Crippen molar-refractivity contribution in [1.82, 2.24) is 29.1 Å². The Hall–Kier alpha value is -3.99. The number of hydrogen-bond acceptors (Lipinski definition) is 8. The summed E-state index contributed by atoms with van der Waals surface area (Å²) in [5.41, 5.74) is 1.43. The number of nitrogens with one attached hydrogen (secondary N) is 2. The maximum Gasteiger partial charge on any atom is 0.228 e. The van der Waals surface area contributed by atoms with E-state index in [-0.39, 0.29) is 11.8 Å². The number of amides is 1. The molecule has 11 nitrogen and oxygen atoms in total. The zero-order valence-electron chi connectivity index (χ0n) is 21.3. The van der Waals surface area contributed by atoms with E-state index in [9.17, 15) is 4.79 Å². The van der Waals surface area contributed by atoms with Gasteiger partial charge in [0.05, 0.1) is 18.3 Å². The van der Waals surface area contributed by atoms with E-state index in [1.807, 2.05) is 17.7 Å². The Bertz CT molecular complexity index is 1500. The Labute approximate surface area is 219 Å². The molecule has 4 aromatic rings. The van der Waals surface area contributed by atoms with Crippen LogP contribution >= 0.6 is 0 Å². The van der Waals surface area contributed by atoms with Crippen molar-refractivity contribution in [1.29, 1.82) is 0 Å². The van der Waals surface area contributed by atoms with Gasteiger partial charge in [-0.25, -0.2) is 15.0 Å². The average Bonchev–Trinajstić information content (AvgIpc) is 3.31. The largest absolute Gasteiger partial charge is 0.455 e. The van der Waals surface area contributed by atoms with Crippen molar-refractivity contribution in [2.45, 2.75) is 50.5 Å². The fourth-order valence-corrected chi connectivity index (χ4v) is 5.05. The number of ether oxygens (including phenoxy) is 2. The lowest BCUT2D eigenvalue weighted by molar-refractivity contribution is -0.117.